The van der Waals surface area contributed by atoms with Crippen LogP contribution in [0.2, 0.25) is 0 Å². The summed E-state index contributed by atoms with van der Waals surface area (Å²) < 4.78 is 1.98. The number of rotatable bonds is 6. The Bertz CT molecular complexity index is 667. The zero-order chi connectivity index (χ0) is 15.4. The molecule has 2 aromatic rings. The molecule has 8 heteroatoms. The van der Waals surface area contributed by atoms with Crippen LogP contribution in [0.25, 0.3) is 0 Å². The van der Waals surface area contributed by atoms with Crippen LogP contribution in [0, 0.1) is 6.92 Å². The molecule has 1 N–H and O–H groups in total. The van der Waals surface area contributed by atoms with Gasteiger partial charge in [-0.1, -0.05) is 0 Å². The Hall–Kier alpha value is -1.25. The van der Waals surface area contributed by atoms with E-state index in [2.05, 4.69) is 31.3 Å². The van der Waals surface area contributed by atoms with E-state index in [-0.39, 0.29) is 5.56 Å². The highest BCUT2D eigenvalue weighted by atomic mass is 79.9. The van der Waals surface area contributed by atoms with E-state index in [1.54, 1.807) is 17.5 Å². The lowest BCUT2D eigenvalue weighted by molar-refractivity contribution is 0.367. The van der Waals surface area contributed by atoms with Crippen molar-refractivity contribution < 1.29 is 0 Å². The smallest absolute Gasteiger partial charge is 0.283 e. The molecule has 0 amide bonds. The summed E-state index contributed by atoms with van der Waals surface area (Å²) in [7, 11) is 3.93. The zero-order valence-corrected chi connectivity index (χ0v) is 14.7. The van der Waals surface area contributed by atoms with Crippen molar-refractivity contribution in [3.05, 3.63) is 37.1 Å². The summed E-state index contributed by atoms with van der Waals surface area (Å²) in [5.41, 5.74) is 3.41. The first-order chi connectivity index (χ1) is 9.99. The summed E-state index contributed by atoms with van der Waals surface area (Å²) in [4.78, 5) is 19.6. The fourth-order valence-electron chi connectivity index (χ4n) is 1.71. The number of nitrogens with zero attached hydrogens (tertiary/aromatic N) is 4. The van der Waals surface area contributed by atoms with Crippen LogP contribution in [0.15, 0.2) is 21.0 Å². The third-order valence-corrected chi connectivity index (χ3v) is 4.73. The van der Waals surface area contributed by atoms with Gasteiger partial charge in [-0.3, -0.25) is 4.79 Å². The van der Waals surface area contributed by atoms with Gasteiger partial charge < -0.3 is 10.2 Å². The van der Waals surface area contributed by atoms with Gasteiger partial charge in [0.1, 0.15) is 4.47 Å². The minimum Gasteiger partial charge on any atom is -0.378 e. The average molecular weight is 372 g/mol. The minimum absolute atomic E-state index is 0.122. The Morgan fingerprint density at radius 1 is 1.48 bits per heavy atom. The molecule has 2 aromatic heterocycles. The Morgan fingerprint density at radius 3 is 2.86 bits per heavy atom. The molecule has 0 aliphatic heterocycles. The van der Waals surface area contributed by atoms with Crippen LogP contribution in [0.5, 0.6) is 0 Å². The summed E-state index contributed by atoms with van der Waals surface area (Å²) in [6.45, 7) is 3.95. The number of thiazole rings is 1. The average Bonchev–Trinajstić information content (AvgIpc) is 2.85. The molecule has 0 bridgehead atoms. The number of hydrogen-bond donors (Lipinski definition) is 1. The molecule has 0 saturated carbocycles. The van der Waals surface area contributed by atoms with Crippen molar-refractivity contribution in [1.29, 1.82) is 0 Å². The van der Waals surface area contributed by atoms with E-state index in [0.29, 0.717) is 23.2 Å². The van der Waals surface area contributed by atoms with Crippen molar-refractivity contribution in [2.75, 3.05) is 26.0 Å². The van der Waals surface area contributed by atoms with Crippen molar-refractivity contribution in [2.45, 2.75) is 20.0 Å². The number of aryl methyl sites for hydroxylation is 1. The maximum absolute atomic E-state index is 12.2. The fourth-order valence-corrected chi connectivity index (χ4v) is 2.88. The quantitative estimate of drug-likeness (QED) is 0.840. The van der Waals surface area contributed by atoms with Crippen LogP contribution in [0.1, 0.15) is 10.6 Å². The van der Waals surface area contributed by atoms with Gasteiger partial charge in [0, 0.05) is 11.4 Å². The van der Waals surface area contributed by atoms with Gasteiger partial charge in [-0.15, -0.1) is 11.3 Å². The summed E-state index contributed by atoms with van der Waals surface area (Å²) in [6, 6.07) is 0. The predicted octanol–water partition coefficient (Wildman–Crippen LogP) is 1.94. The maximum Gasteiger partial charge on any atom is 0.283 e. The molecule has 2 rings (SSSR count). The zero-order valence-electron chi connectivity index (χ0n) is 12.3. The highest BCUT2D eigenvalue weighted by Gasteiger charge is 2.10. The highest BCUT2D eigenvalue weighted by molar-refractivity contribution is 9.10. The number of anilines is 1. The molecule has 0 radical (unpaired) electrons. The molecule has 0 saturated heterocycles. The van der Waals surface area contributed by atoms with Crippen LogP contribution in [0.3, 0.4) is 0 Å². The van der Waals surface area contributed by atoms with Crippen LogP contribution in [-0.2, 0) is 13.1 Å². The van der Waals surface area contributed by atoms with Gasteiger partial charge in [0.05, 0.1) is 36.2 Å². The van der Waals surface area contributed by atoms with Gasteiger partial charge in [0.2, 0.25) is 0 Å². The molecule has 0 aliphatic carbocycles. The first-order valence-electron chi connectivity index (χ1n) is 6.52. The maximum atomic E-state index is 12.2. The second kappa shape index (κ2) is 7.15. The van der Waals surface area contributed by atoms with Crippen LogP contribution in [0.4, 0.5) is 5.69 Å². The summed E-state index contributed by atoms with van der Waals surface area (Å²) in [5.74, 6) is 0. The number of halogens is 1. The molecule has 114 valence electrons. The molecule has 0 fully saturated rings. The monoisotopic (exact) mass is 371 g/mol. The summed E-state index contributed by atoms with van der Waals surface area (Å²) >= 11 is 4.95. The van der Waals surface area contributed by atoms with Crippen LogP contribution >= 0.6 is 27.3 Å². The third kappa shape index (κ3) is 4.12. The lowest BCUT2D eigenvalue weighted by Gasteiger charge is -2.12. The van der Waals surface area contributed by atoms with Crippen LogP contribution < -0.4 is 10.9 Å². The van der Waals surface area contributed by atoms with E-state index in [1.807, 2.05) is 31.4 Å². The topological polar surface area (TPSA) is 63.1 Å². The van der Waals surface area contributed by atoms with Gasteiger partial charge in [0.15, 0.2) is 0 Å². The first kappa shape index (κ1) is 16.1. The summed E-state index contributed by atoms with van der Waals surface area (Å²) in [5, 5.41) is 7.43. The number of aromatic nitrogens is 3. The van der Waals surface area contributed by atoms with Crippen LogP contribution in [-0.4, -0.2) is 40.3 Å². The SMILES string of the molecule is Cc1ncsc1CNc1cnn(CCN(C)C)c(=O)c1Br. The lowest BCUT2D eigenvalue weighted by atomic mass is 10.3. The second-order valence-electron chi connectivity index (χ2n) is 4.92. The fraction of sp³-hybridized carbons (Fsp3) is 0.462. The Kier molecular flexibility index (Phi) is 5.49. The second-order valence-corrected chi connectivity index (χ2v) is 6.65. The Morgan fingerprint density at radius 2 is 2.24 bits per heavy atom. The molecule has 21 heavy (non-hydrogen) atoms. The number of likely N-dealkylation sites (N-methyl/N-ethyl adjacent to an activating group) is 1. The third-order valence-electron chi connectivity index (χ3n) is 3.03. The normalized spacial score (nSPS) is 11.1. The van der Waals surface area contributed by atoms with Gasteiger partial charge in [-0.25, -0.2) is 9.67 Å². The van der Waals surface area contributed by atoms with E-state index in [0.717, 1.165) is 17.1 Å². The molecule has 0 spiro atoms. The molecule has 0 unspecified atom stereocenters. The molecule has 6 nitrogen and oxygen atoms in total. The van der Waals surface area contributed by atoms with Crippen molar-refractivity contribution in [1.82, 2.24) is 19.7 Å². The van der Waals surface area contributed by atoms with Gasteiger partial charge >= 0.3 is 0 Å². The van der Waals surface area contributed by atoms with Crippen molar-refractivity contribution in [2.24, 2.45) is 0 Å². The molecular weight excluding hydrogens is 354 g/mol. The predicted molar refractivity (Wildman–Crippen MR) is 88.9 cm³/mol. The van der Waals surface area contributed by atoms with Crippen molar-refractivity contribution in [3.8, 4) is 0 Å². The van der Waals surface area contributed by atoms with E-state index in [9.17, 15) is 4.79 Å². The first-order valence-corrected chi connectivity index (χ1v) is 8.19. The van der Waals surface area contributed by atoms with Gasteiger partial charge in [0.25, 0.3) is 5.56 Å². The summed E-state index contributed by atoms with van der Waals surface area (Å²) in [6.07, 6.45) is 1.68. The van der Waals surface area contributed by atoms with E-state index in [1.165, 1.54) is 4.68 Å². The Balaban J connectivity index is 2.09. The molecule has 0 aromatic carbocycles. The number of nitrogens with one attached hydrogen (secondary N) is 1. The van der Waals surface area contributed by atoms with Gasteiger partial charge in [-0.2, -0.15) is 5.10 Å². The minimum atomic E-state index is -0.122. The van der Waals surface area contributed by atoms with E-state index < -0.39 is 0 Å². The standard InChI is InChI=1S/C13H18BrN5OS/c1-9-11(21-8-16-9)7-15-10-6-17-19(5-4-18(2)3)13(20)12(10)14/h6,8,15H,4-5,7H2,1-3H3. The van der Waals surface area contributed by atoms with E-state index in [4.69, 9.17) is 0 Å². The molecule has 0 atom stereocenters. The van der Waals surface area contributed by atoms with Gasteiger partial charge in [-0.05, 0) is 36.9 Å². The van der Waals surface area contributed by atoms with Crippen molar-refractivity contribution >= 4 is 33.0 Å². The molecule has 2 heterocycles. The Labute approximate surface area is 135 Å². The number of hydrogen-bond acceptors (Lipinski definition) is 6. The molecule has 0 aliphatic rings. The van der Waals surface area contributed by atoms with E-state index >= 15 is 0 Å². The highest BCUT2D eigenvalue weighted by Crippen LogP contribution is 2.19. The van der Waals surface area contributed by atoms with Crippen molar-refractivity contribution in [3.63, 3.8) is 0 Å². The largest absolute Gasteiger partial charge is 0.378 e. The molecular formula is C13H18BrN5OS. The lowest BCUT2D eigenvalue weighted by Crippen LogP contribution is -2.29.